The first-order chi connectivity index (χ1) is 11.7. The molecule has 118 valence electrons. The average molecular weight is 319 g/mol. The Morgan fingerprint density at radius 1 is 1.17 bits per heavy atom. The molecule has 1 aromatic carbocycles. The van der Waals surface area contributed by atoms with E-state index in [4.69, 9.17) is 5.26 Å². The number of benzene rings is 1. The molecule has 2 heterocycles. The van der Waals surface area contributed by atoms with Gasteiger partial charge in [0.2, 0.25) is 5.91 Å². The topological polar surface area (TPSA) is 98.5 Å². The number of nitrogens with zero attached hydrogens (tertiary/aromatic N) is 4. The lowest BCUT2D eigenvalue weighted by molar-refractivity contribution is -0.118. The van der Waals surface area contributed by atoms with E-state index in [9.17, 15) is 9.59 Å². The number of hydrazone groups is 1. The molecule has 1 N–H and O–H groups in total. The van der Waals surface area contributed by atoms with Crippen molar-refractivity contribution < 1.29 is 9.59 Å². The van der Waals surface area contributed by atoms with Gasteiger partial charge in [0.15, 0.2) is 0 Å². The number of hydrogen-bond donors (Lipinski definition) is 1. The molecule has 0 unspecified atom stereocenters. The number of carbonyl (C=O) groups excluding carboxylic acids is 2. The van der Waals surface area contributed by atoms with E-state index in [0.717, 1.165) is 0 Å². The van der Waals surface area contributed by atoms with Crippen LogP contribution in [0.5, 0.6) is 0 Å². The number of hydrogen-bond acceptors (Lipinski definition) is 5. The molecule has 0 fully saturated rings. The van der Waals surface area contributed by atoms with Gasteiger partial charge in [0.05, 0.1) is 11.3 Å². The van der Waals surface area contributed by atoms with Crippen LogP contribution in [0.4, 0.5) is 11.5 Å². The van der Waals surface area contributed by atoms with Crippen LogP contribution in [0.25, 0.3) is 0 Å². The van der Waals surface area contributed by atoms with Gasteiger partial charge >= 0.3 is 0 Å². The average Bonchev–Trinajstić information content (AvgIpc) is 2.63. The summed E-state index contributed by atoms with van der Waals surface area (Å²) in [6.07, 6.45) is 1.85. The molecule has 1 aromatic heterocycles. The molecule has 24 heavy (non-hydrogen) atoms. The minimum atomic E-state index is -0.416. The quantitative estimate of drug-likeness (QED) is 0.936. The minimum Gasteiger partial charge on any atom is -0.305 e. The second-order valence-corrected chi connectivity index (χ2v) is 5.09. The molecule has 0 aliphatic carbocycles. The first-order valence-electron chi connectivity index (χ1n) is 7.30. The highest BCUT2D eigenvalue weighted by Gasteiger charge is 2.25. The lowest BCUT2D eigenvalue weighted by Gasteiger charge is -2.23. The Balaban J connectivity index is 1.78. The fraction of sp³-hybridized carbons (Fsp3) is 0.118. The summed E-state index contributed by atoms with van der Waals surface area (Å²) in [5.74, 6) is -0.250. The highest BCUT2D eigenvalue weighted by atomic mass is 16.2. The number of carbonyl (C=O) groups is 2. The fourth-order valence-corrected chi connectivity index (χ4v) is 2.21. The van der Waals surface area contributed by atoms with E-state index in [2.05, 4.69) is 15.4 Å². The number of nitrogens with one attached hydrogen (secondary N) is 1. The van der Waals surface area contributed by atoms with Crippen molar-refractivity contribution in [2.24, 2.45) is 5.10 Å². The van der Waals surface area contributed by atoms with Gasteiger partial charge in [-0.05, 0) is 24.3 Å². The van der Waals surface area contributed by atoms with Crippen molar-refractivity contribution in [3.05, 3.63) is 54.2 Å². The number of aromatic nitrogens is 1. The summed E-state index contributed by atoms with van der Waals surface area (Å²) in [5, 5.41) is 16.8. The van der Waals surface area contributed by atoms with Crippen LogP contribution in [-0.2, 0) is 9.59 Å². The van der Waals surface area contributed by atoms with Crippen LogP contribution in [0.1, 0.15) is 18.4 Å². The van der Waals surface area contributed by atoms with Crippen molar-refractivity contribution in [1.82, 2.24) is 4.98 Å². The predicted molar refractivity (Wildman–Crippen MR) is 88.2 cm³/mol. The molecule has 0 radical (unpaired) electrons. The number of anilines is 2. The number of nitriles is 1. The first kappa shape index (κ1) is 15.4. The summed E-state index contributed by atoms with van der Waals surface area (Å²) in [6.45, 7) is 0. The van der Waals surface area contributed by atoms with Gasteiger partial charge in [-0.15, -0.1) is 0 Å². The maximum Gasteiger partial charge on any atom is 0.273 e. The molecule has 1 aliphatic heterocycles. The third-order valence-electron chi connectivity index (χ3n) is 3.43. The second-order valence-electron chi connectivity index (χ2n) is 5.09. The lowest BCUT2D eigenvalue weighted by atomic mass is 10.1. The van der Waals surface area contributed by atoms with Gasteiger partial charge in [0.1, 0.15) is 17.6 Å². The minimum absolute atomic E-state index is 0.158. The van der Waals surface area contributed by atoms with Gasteiger partial charge in [-0.2, -0.15) is 10.4 Å². The number of pyridine rings is 1. The first-order valence-corrected chi connectivity index (χ1v) is 7.30. The van der Waals surface area contributed by atoms with Crippen molar-refractivity contribution in [2.75, 3.05) is 10.3 Å². The molecular weight excluding hydrogens is 306 g/mol. The number of rotatable bonds is 3. The molecule has 1 aliphatic rings. The highest BCUT2D eigenvalue weighted by Crippen LogP contribution is 2.20. The zero-order chi connectivity index (χ0) is 16.9. The van der Waals surface area contributed by atoms with Crippen molar-refractivity contribution in [3.63, 3.8) is 0 Å². The Morgan fingerprint density at radius 3 is 2.62 bits per heavy atom. The van der Waals surface area contributed by atoms with Crippen LogP contribution < -0.4 is 10.3 Å². The van der Waals surface area contributed by atoms with Gasteiger partial charge in [-0.3, -0.25) is 9.59 Å². The summed E-state index contributed by atoms with van der Waals surface area (Å²) in [4.78, 5) is 28.3. The van der Waals surface area contributed by atoms with Crippen LogP contribution in [0.2, 0.25) is 0 Å². The van der Waals surface area contributed by atoms with Crippen LogP contribution in [0.15, 0.2) is 53.8 Å². The smallest absolute Gasteiger partial charge is 0.273 e. The zero-order valence-corrected chi connectivity index (χ0v) is 12.6. The largest absolute Gasteiger partial charge is 0.305 e. The summed E-state index contributed by atoms with van der Waals surface area (Å²) in [5.41, 5.74) is 1.28. The van der Waals surface area contributed by atoms with Crippen molar-refractivity contribution in [1.29, 1.82) is 5.26 Å². The summed E-state index contributed by atoms with van der Waals surface area (Å²) >= 11 is 0. The maximum atomic E-state index is 12.3. The highest BCUT2D eigenvalue weighted by molar-refractivity contribution is 6.44. The van der Waals surface area contributed by atoms with Crippen LogP contribution in [0, 0.1) is 11.3 Å². The predicted octanol–water partition coefficient (Wildman–Crippen LogP) is 2.07. The van der Waals surface area contributed by atoms with Gasteiger partial charge in [0, 0.05) is 19.0 Å². The normalized spacial score (nSPS) is 13.9. The Morgan fingerprint density at radius 2 is 1.96 bits per heavy atom. The van der Waals surface area contributed by atoms with Crippen molar-refractivity contribution in [3.8, 4) is 6.07 Å². The van der Waals surface area contributed by atoms with Crippen molar-refractivity contribution in [2.45, 2.75) is 12.8 Å². The van der Waals surface area contributed by atoms with Gasteiger partial charge in [-0.1, -0.05) is 18.2 Å². The fourth-order valence-electron chi connectivity index (χ4n) is 2.21. The van der Waals surface area contributed by atoms with Crippen LogP contribution in [0.3, 0.4) is 0 Å². The van der Waals surface area contributed by atoms with Gasteiger partial charge in [0.25, 0.3) is 5.91 Å². The molecule has 2 amide bonds. The van der Waals surface area contributed by atoms with E-state index in [-0.39, 0.29) is 24.5 Å². The molecule has 0 bridgehead atoms. The summed E-state index contributed by atoms with van der Waals surface area (Å²) in [7, 11) is 0. The van der Waals surface area contributed by atoms with E-state index < -0.39 is 5.91 Å². The van der Waals surface area contributed by atoms with Crippen LogP contribution in [-0.4, -0.2) is 22.5 Å². The third-order valence-corrected chi connectivity index (χ3v) is 3.43. The Labute approximate surface area is 138 Å². The van der Waals surface area contributed by atoms with E-state index in [0.29, 0.717) is 17.1 Å². The molecule has 3 rings (SSSR count). The molecule has 0 atom stereocenters. The summed E-state index contributed by atoms with van der Waals surface area (Å²) in [6, 6.07) is 14.0. The van der Waals surface area contributed by atoms with Gasteiger partial charge < -0.3 is 5.32 Å². The zero-order valence-electron chi connectivity index (χ0n) is 12.6. The number of amides is 2. The Bertz CT molecular complexity index is 838. The maximum absolute atomic E-state index is 12.3. The van der Waals surface area contributed by atoms with E-state index in [1.165, 1.54) is 11.2 Å². The van der Waals surface area contributed by atoms with E-state index in [1.54, 1.807) is 36.4 Å². The standard InChI is InChI=1S/C17H13N5O2/c18-10-12-6-8-15(19-11-12)20-17(24)14-7-9-16(23)22(21-14)13-4-2-1-3-5-13/h1-6,8,11H,7,9H2,(H,19,20,24). The summed E-state index contributed by atoms with van der Waals surface area (Å²) < 4.78 is 0. The number of para-hydroxylation sites is 1. The SMILES string of the molecule is N#Cc1ccc(NC(=O)C2=NN(c3ccccc3)C(=O)CC2)nc1. The molecule has 0 spiro atoms. The molecule has 0 saturated heterocycles. The molecule has 2 aromatic rings. The molecule has 0 saturated carbocycles. The lowest BCUT2D eigenvalue weighted by Crippen LogP contribution is -2.36. The van der Waals surface area contributed by atoms with E-state index >= 15 is 0 Å². The van der Waals surface area contributed by atoms with E-state index in [1.807, 2.05) is 12.1 Å². The molecule has 7 heteroatoms. The van der Waals surface area contributed by atoms with Gasteiger partial charge in [-0.25, -0.2) is 9.99 Å². The Hall–Kier alpha value is -3.53. The second kappa shape index (κ2) is 6.71. The van der Waals surface area contributed by atoms with Crippen LogP contribution >= 0.6 is 0 Å². The molecular formula is C17H13N5O2. The third kappa shape index (κ3) is 3.28. The molecule has 7 nitrogen and oxygen atoms in total. The Kier molecular flexibility index (Phi) is 4.29. The monoisotopic (exact) mass is 319 g/mol. The van der Waals surface area contributed by atoms with Crippen molar-refractivity contribution >= 4 is 29.0 Å².